The number of rotatable bonds is 9. The summed E-state index contributed by atoms with van der Waals surface area (Å²) in [4.78, 5) is 29.0. The molecule has 0 spiro atoms. The molecular formula is C27H30N2O6. The first-order chi connectivity index (χ1) is 17.0. The van der Waals surface area contributed by atoms with Crippen molar-refractivity contribution in [3.63, 3.8) is 0 Å². The van der Waals surface area contributed by atoms with Gasteiger partial charge in [0.1, 0.15) is 31.2 Å². The number of likely N-dealkylation sites (tertiary alicyclic amines) is 1. The van der Waals surface area contributed by atoms with Gasteiger partial charge < -0.3 is 29.5 Å². The third-order valence-electron chi connectivity index (χ3n) is 6.35. The molecule has 8 nitrogen and oxygen atoms in total. The van der Waals surface area contributed by atoms with Gasteiger partial charge in [0.15, 0.2) is 0 Å². The van der Waals surface area contributed by atoms with Crippen molar-refractivity contribution in [1.29, 1.82) is 0 Å². The Morgan fingerprint density at radius 3 is 2.49 bits per heavy atom. The average molecular weight is 479 g/mol. The maximum atomic E-state index is 13.5. The van der Waals surface area contributed by atoms with Crippen LogP contribution in [0.4, 0.5) is 0 Å². The number of phenols is 1. The van der Waals surface area contributed by atoms with Crippen LogP contribution in [-0.4, -0.2) is 67.7 Å². The van der Waals surface area contributed by atoms with Crippen LogP contribution in [0, 0.1) is 0 Å². The average Bonchev–Trinajstić information content (AvgIpc) is 3.13. The highest BCUT2D eigenvalue weighted by Gasteiger charge is 2.44. The number of carbonyl (C=O) groups is 2. The van der Waals surface area contributed by atoms with E-state index in [1.54, 1.807) is 42.5 Å². The summed E-state index contributed by atoms with van der Waals surface area (Å²) in [5, 5.41) is 23.2. The van der Waals surface area contributed by atoms with Crippen molar-refractivity contribution >= 4 is 17.4 Å². The number of nitrogens with zero attached hydrogens (tertiary/aromatic N) is 1. The van der Waals surface area contributed by atoms with Gasteiger partial charge in [-0.1, -0.05) is 42.7 Å². The van der Waals surface area contributed by atoms with E-state index in [1.165, 1.54) is 21.9 Å². The number of morpholine rings is 1. The third-order valence-corrected chi connectivity index (χ3v) is 6.35. The molecule has 2 heterocycles. The van der Waals surface area contributed by atoms with Gasteiger partial charge in [0.2, 0.25) is 5.78 Å². The van der Waals surface area contributed by atoms with Gasteiger partial charge in [0.25, 0.3) is 5.91 Å². The fourth-order valence-electron chi connectivity index (χ4n) is 4.53. The van der Waals surface area contributed by atoms with Crippen LogP contribution in [-0.2, 0) is 14.3 Å². The van der Waals surface area contributed by atoms with Crippen molar-refractivity contribution in [3.05, 3.63) is 77.9 Å². The highest BCUT2D eigenvalue weighted by Crippen LogP contribution is 2.39. The quantitative estimate of drug-likeness (QED) is 0.235. The van der Waals surface area contributed by atoms with Crippen molar-refractivity contribution in [1.82, 2.24) is 4.90 Å². The Hall–Kier alpha value is -3.62. The van der Waals surface area contributed by atoms with Gasteiger partial charge in [-0.2, -0.15) is 0 Å². The fourth-order valence-corrected chi connectivity index (χ4v) is 4.53. The van der Waals surface area contributed by atoms with Crippen LogP contribution in [0.1, 0.15) is 23.6 Å². The first-order valence-electron chi connectivity index (χ1n) is 11.8. The first kappa shape index (κ1) is 24.5. The van der Waals surface area contributed by atoms with E-state index in [0.29, 0.717) is 36.4 Å². The number of phenolic OH excluding ortho intramolecular Hbond substituents is 1. The number of benzene rings is 2. The van der Waals surface area contributed by atoms with Gasteiger partial charge in [-0.25, -0.2) is 0 Å². The number of nitrogens with one attached hydrogen (secondary N) is 1. The molecule has 2 aromatic carbocycles. The standard InChI is InChI=1S/C27H30N2O6/c1-2-16-35-22-10-6-20(7-11-22)25(31)23-24(19-4-8-21(30)9-5-19)29(27(33)26(23)32)13-3-12-28-14-17-34-18-15-28/h2,4-11,24,30-31H,1,3,12-18H2. The Morgan fingerprint density at radius 2 is 1.83 bits per heavy atom. The number of ether oxygens (including phenoxy) is 2. The van der Waals surface area contributed by atoms with Gasteiger partial charge in [0, 0.05) is 18.5 Å². The van der Waals surface area contributed by atoms with E-state index in [9.17, 15) is 19.8 Å². The molecule has 2 aliphatic heterocycles. The molecule has 0 aliphatic carbocycles. The largest absolute Gasteiger partial charge is 0.872 e. The van der Waals surface area contributed by atoms with Gasteiger partial charge in [-0.05, 0) is 35.4 Å². The van der Waals surface area contributed by atoms with E-state index in [0.717, 1.165) is 32.8 Å². The maximum Gasteiger partial charge on any atom is 0.295 e. The summed E-state index contributed by atoms with van der Waals surface area (Å²) in [7, 11) is 0. The van der Waals surface area contributed by atoms with E-state index in [4.69, 9.17) is 9.47 Å². The monoisotopic (exact) mass is 478 g/mol. The highest BCUT2D eigenvalue weighted by atomic mass is 16.5. The van der Waals surface area contributed by atoms with Gasteiger partial charge in [-0.15, -0.1) is 0 Å². The van der Waals surface area contributed by atoms with Crippen LogP contribution in [0.25, 0.3) is 5.76 Å². The number of hydrogen-bond donors (Lipinski definition) is 2. The predicted molar refractivity (Wildman–Crippen MR) is 128 cm³/mol. The zero-order valence-electron chi connectivity index (χ0n) is 19.6. The summed E-state index contributed by atoms with van der Waals surface area (Å²) >= 11 is 0. The van der Waals surface area contributed by atoms with Gasteiger partial charge in [-0.3, -0.25) is 9.59 Å². The zero-order valence-corrected chi connectivity index (χ0v) is 19.6. The number of carbonyl (C=O) groups excluding carboxylic acids is 2. The summed E-state index contributed by atoms with van der Waals surface area (Å²) < 4.78 is 10.9. The van der Waals surface area contributed by atoms with Gasteiger partial charge in [0.05, 0.1) is 25.8 Å². The minimum atomic E-state index is -0.806. The number of quaternary nitrogens is 1. The van der Waals surface area contributed by atoms with Crippen LogP contribution >= 0.6 is 0 Å². The fraction of sp³-hybridized carbons (Fsp3) is 0.333. The number of hydrogen-bond acceptors (Lipinski definition) is 6. The Bertz CT molecular complexity index is 1090. The normalized spacial score (nSPS) is 20.2. The Morgan fingerprint density at radius 1 is 1.14 bits per heavy atom. The van der Waals surface area contributed by atoms with Crippen LogP contribution in [0.2, 0.25) is 0 Å². The molecule has 0 saturated carbocycles. The molecule has 4 rings (SSSR count). The number of amides is 1. The second kappa shape index (κ2) is 11.2. The molecule has 2 saturated heterocycles. The van der Waals surface area contributed by atoms with E-state index < -0.39 is 23.5 Å². The Kier molecular flexibility index (Phi) is 7.84. The lowest BCUT2D eigenvalue weighted by Crippen LogP contribution is -3.14. The van der Waals surface area contributed by atoms with Crippen molar-refractivity contribution < 1.29 is 34.2 Å². The van der Waals surface area contributed by atoms with Crippen LogP contribution in [0.5, 0.6) is 11.5 Å². The predicted octanol–water partition coefficient (Wildman–Crippen LogP) is 0.486. The molecule has 1 amide bonds. The van der Waals surface area contributed by atoms with Gasteiger partial charge >= 0.3 is 0 Å². The Balaban J connectivity index is 1.63. The molecule has 2 N–H and O–H groups in total. The smallest absolute Gasteiger partial charge is 0.295 e. The summed E-state index contributed by atoms with van der Waals surface area (Å²) in [5.74, 6) is -1.30. The van der Waals surface area contributed by atoms with E-state index in [2.05, 4.69) is 6.58 Å². The highest BCUT2D eigenvalue weighted by molar-refractivity contribution is 6.46. The molecule has 1 unspecified atom stereocenters. The molecular weight excluding hydrogens is 448 g/mol. The third kappa shape index (κ3) is 5.55. The summed E-state index contributed by atoms with van der Waals surface area (Å²) in [6.07, 6.45) is 2.31. The first-order valence-corrected chi connectivity index (χ1v) is 11.8. The Labute approximate surface area is 204 Å². The van der Waals surface area contributed by atoms with Crippen LogP contribution in [0.15, 0.2) is 66.8 Å². The molecule has 184 valence electrons. The molecule has 0 radical (unpaired) electrons. The minimum absolute atomic E-state index is 0.0647. The van der Waals surface area contributed by atoms with Crippen molar-refractivity contribution in [2.24, 2.45) is 0 Å². The lowest BCUT2D eigenvalue weighted by atomic mass is 9.95. The van der Waals surface area contributed by atoms with Crippen LogP contribution < -0.4 is 14.7 Å². The van der Waals surface area contributed by atoms with E-state index in [1.807, 2.05) is 0 Å². The second-order valence-corrected chi connectivity index (χ2v) is 8.65. The molecule has 2 aromatic rings. The molecule has 8 heteroatoms. The zero-order chi connectivity index (χ0) is 24.8. The number of aromatic hydroxyl groups is 1. The summed E-state index contributed by atoms with van der Waals surface area (Å²) in [5.41, 5.74) is 0.838. The lowest BCUT2D eigenvalue weighted by Gasteiger charge is -2.29. The second-order valence-electron chi connectivity index (χ2n) is 8.65. The lowest BCUT2D eigenvalue weighted by molar-refractivity contribution is -0.908. The van der Waals surface area contributed by atoms with E-state index >= 15 is 0 Å². The van der Waals surface area contributed by atoms with E-state index in [-0.39, 0.29) is 11.3 Å². The van der Waals surface area contributed by atoms with Crippen molar-refractivity contribution in [2.75, 3.05) is 46.0 Å². The number of ketones is 1. The van der Waals surface area contributed by atoms with Crippen LogP contribution in [0.3, 0.4) is 0 Å². The van der Waals surface area contributed by atoms with Crippen molar-refractivity contribution in [2.45, 2.75) is 12.5 Å². The van der Waals surface area contributed by atoms with Crippen molar-refractivity contribution in [3.8, 4) is 11.5 Å². The molecule has 0 aromatic heterocycles. The summed E-state index contributed by atoms with van der Waals surface area (Å²) in [6.45, 7) is 8.41. The maximum absolute atomic E-state index is 13.5. The topological polar surface area (TPSA) is 104 Å². The SMILES string of the molecule is C=CCOc1ccc(C([O-])=C2C(=O)C(=O)N(CCC[NH+]3CCOCC3)C2c2ccc(O)cc2)cc1. The molecule has 2 fully saturated rings. The molecule has 2 aliphatic rings. The summed E-state index contributed by atoms with van der Waals surface area (Å²) in [6, 6.07) is 11.9. The molecule has 35 heavy (non-hydrogen) atoms. The minimum Gasteiger partial charge on any atom is -0.872 e. The number of Topliss-reactive ketones (excluding diaryl/α,β-unsaturated/α-hetero) is 1. The molecule has 0 bridgehead atoms. The molecule has 1 atom stereocenters.